The Bertz CT molecular complexity index is 661. The zero-order valence-electron chi connectivity index (χ0n) is 14.7. The van der Waals surface area contributed by atoms with Crippen LogP contribution in [-0.4, -0.2) is 31.4 Å². The number of rotatable bonds is 8. The third-order valence-corrected chi connectivity index (χ3v) is 4.09. The number of methoxy groups -OCH3 is 1. The average molecular weight is 342 g/mol. The molecule has 0 aliphatic heterocycles. The molecule has 2 rings (SSSR count). The van der Waals surface area contributed by atoms with Crippen molar-refractivity contribution in [3.63, 3.8) is 0 Å². The van der Waals surface area contributed by atoms with Crippen LogP contribution < -0.4 is 15.4 Å². The lowest BCUT2D eigenvalue weighted by Gasteiger charge is -2.22. The molecule has 0 aliphatic carbocycles. The number of nitrogens with one attached hydrogen (secondary N) is 2. The van der Waals surface area contributed by atoms with E-state index in [2.05, 4.69) is 10.6 Å². The van der Waals surface area contributed by atoms with Crippen molar-refractivity contribution in [3.8, 4) is 5.75 Å². The number of ether oxygens (including phenoxy) is 1. The molecular formula is C20H26N2O3. The van der Waals surface area contributed by atoms with E-state index in [9.17, 15) is 4.79 Å². The first-order chi connectivity index (χ1) is 12.2. The van der Waals surface area contributed by atoms with Crippen molar-refractivity contribution in [2.45, 2.75) is 19.4 Å². The Kier molecular flexibility index (Phi) is 7.29. The highest BCUT2D eigenvalue weighted by molar-refractivity contribution is 5.75. The second-order valence-electron chi connectivity index (χ2n) is 6.06. The van der Waals surface area contributed by atoms with Crippen LogP contribution >= 0.6 is 0 Å². The summed E-state index contributed by atoms with van der Waals surface area (Å²) in [6.45, 7) is 2.63. The van der Waals surface area contributed by atoms with E-state index < -0.39 is 0 Å². The van der Waals surface area contributed by atoms with Crippen molar-refractivity contribution in [2.24, 2.45) is 5.92 Å². The first-order valence-electron chi connectivity index (χ1n) is 8.48. The van der Waals surface area contributed by atoms with Gasteiger partial charge in [-0.25, -0.2) is 4.79 Å². The van der Waals surface area contributed by atoms with Gasteiger partial charge in [0.15, 0.2) is 0 Å². The number of hydrogen-bond donors (Lipinski definition) is 3. The van der Waals surface area contributed by atoms with E-state index >= 15 is 0 Å². The number of carbonyl (C=O) groups is 1. The van der Waals surface area contributed by atoms with Gasteiger partial charge in [-0.15, -0.1) is 0 Å². The van der Waals surface area contributed by atoms with Gasteiger partial charge in [-0.3, -0.25) is 0 Å². The Hall–Kier alpha value is -2.53. The summed E-state index contributed by atoms with van der Waals surface area (Å²) in [6, 6.07) is 16.9. The van der Waals surface area contributed by atoms with Gasteiger partial charge in [0, 0.05) is 18.7 Å². The predicted octanol–water partition coefficient (Wildman–Crippen LogP) is 3.10. The van der Waals surface area contributed by atoms with Crippen LogP contribution in [0.25, 0.3) is 0 Å². The first-order valence-corrected chi connectivity index (χ1v) is 8.48. The molecule has 0 radical (unpaired) electrons. The molecule has 2 aromatic carbocycles. The van der Waals surface area contributed by atoms with Gasteiger partial charge in [0.1, 0.15) is 5.75 Å². The minimum absolute atomic E-state index is 0.123. The third-order valence-electron chi connectivity index (χ3n) is 4.09. The van der Waals surface area contributed by atoms with Gasteiger partial charge in [0.2, 0.25) is 0 Å². The maximum Gasteiger partial charge on any atom is 0.315 e. The first kappa shape index (κ1) is 18.8. The maximum atomic E-state index is 12.4. The molecule has 2 amide bonds. The second-order valence-corrected chi connectivity index (χ2v) is 6.06. The monoisotopic (exact) mass is 342 g/mol. The molecule has 2 aromatic rings. The van der Waals surface area contributed by atoms with Crippen LogP contribution in [0.5, 0.6) is 5.75 Å². The topological polar surface area (TPSA) is 70.6 Å². The van der Waals surface area contributed by atoms with Crippen LogP contribution in [0.15, 0.2) is 54.6 Å². The minimum Gasteiger partial charge on any atom is -0.496 e. The van der Waals surface area contributed by atoms with Crippen LogP contribution in [-0.2, 0) is 0 Å². The van der Waals surface area contributed by atoms with Crippen molar-refractivity contribution in [3.05, 3.63) is 65.7 Å². The quantitative estimate of drug-likeness (QED) is 0.690. The van der Waals surface area contributed by atoms with E-state index in [1.807, 2.05) is 61.5 Å². The smallest absolute Gasteiger partial charge is 0.315 e. The molecule has 0 heterocycles. The zero-order valence-corrected chi connectivity index (χ0v) is 14.7. The molecule has 0 fully saturated rings. The van der Waals surface area contributed by atoms with E-state index in [0.29, 0.717) is 13.0 Å². The highest BCUT2D eigenvalue weighted by Gasteiger charge is 2.20. The lowest BCUT2D eigenvalue weighted by atomic mass is 9.98. The molecule has 0 saturated carbocycles. The minimum atomic E-state index is -0.314. The molecule has 134 valence electrons. The summed E-state index contributed by atoms with van der Waals surface area (Å²) >= 11 is 0. The Morgan fingerprint density at radius 2 is 1.80 bits per heavy atom. The molecule has 0 aromatic heterocycles. The van der Waals surface area contributed by atoms with Gasteiger partial charge in [0.05, 0.1) is 13.2 Å². The Balaban J connectivity index is 2.17. The van der Waals surface area contributed by atoms with Gasteiger partial charge < -0.3 is 20.5 Å². The van der Waals surface area contributed by atoms with Gasteiger partial charge in [-0.1, -0.05) is 55.5 Å². The molecule has 2 unspecified atom stereocenters. The van der Waals surface area contributed by atoms with Gasteiger partial charge in [-0.05, 0) is 24.0 Å². The largest absolute Gasteiger partial charge is 0.496 e. The Labute approximate surface area is 149 Å². The molecule has 3 N–H and O–H groups in total. The van der Waals surface area contributed by atoms with Crippen LogP contribution in [0.1, 0.15) is 30.5 Å². The summed E-state index contributed by atoms with van der Waals surface area (Å²) in [4.78, 5) is 12.4. The number of carbonyl (C=O) groups excluding carboxylic acids is 1. The van der Waals surface area contributed by atoms with Gasteiger partial charge in [-0.2, -0.15) is 0 Å². The fraction of sp³-hybridized carbons (Fsp3) is 0.350. The van der Waals surface area contributed by atoms with Crippen LogP contribution in [0.2, 0.25) is 0 Å². The average Bonchev–Trinajstić information content (AvgIpc) is 2.65. The van der Waals surface area contributed by atoms with Crippen molar-refractivity contribution in [1.29, 1.82) is 0 Å². The summed E-state index contributed by atoms with van der Waals surface area (Å²) in [6.07, 6.45) is 0.662. The van der Waals surface area contributed by atoms with Crippen molar-refractivity contribution in [2.75, 3.05) is 20.3 Å². The molecule has 25 heavy (non-hydrogen) atoms. The summed E-state index contributed by atoms with van der Waals surface area (Å²) in [5, 5.41) is 14.9. The fourth-order valence-corrected chi connectivity index (χ4v) is 2.66. The fourth-order valence-electron chi connectivity index (χ4n) is 2.66. The molecule has 0 bridgehead atoms. The Morgan fingerprint density at radius 3 is 2.48 bits per heavy atom. The molecule has 2 atom stereocenters. The molecule has 5 nitrogen and oxygen atoms in total. The lowest BCUT2D eigenvalue weighted by Crippen LogP contribution is -2.40. The molecule has 0 spiro atoms. The summed E-state index contributed by atoms with van der Waals surface area (Å²) in [5.74, 6) is 0.947. The molecular weight excluding hydrogens is 316 g/mol. The highest BCUT2D eigenvalue weighted by Crippen LogP contribution is 2.29. The lowest BCUT2D eigenvalue weighted by molar-refractivity contribution is 0.232. The zero-order chi connectivity index (χ0) is 18.1. The molecule has 0 aliphatic rings. The molecule has 0 saturated heterocycles. The standard InChI is InChI=1S/C20H26N2O3/c1-15(12-13-23)14-21-20(24)22-19(16-8-4-3-5-9-16)17-10-6-7-11-18(17)25-2/h3-11,15,19,23H,12-14H2,1-2H3,(H2,21,22,24). The number of amides is 2. The van der Waals surface area contributed by atoms with Gasteiger partial charge in [0.25, 0.3) is 0 Å². The Morgan fingerprint density at radius 1 is 1.12 bits per heavy atom. The summed E-state index contributed by atoms with van der Waals surface area (Å²) < 4.78 is 5.46. The number of aliphatic hydroxyl groups excluding tert-OH is 1. The number of hydrogen-bond acceptors (Lipinski definition) is 3. The molecule has 5 heteroatoms. The predicted molar refractivity (Wildman–Crippen MR) is 98.7 cm³/mol. The van der Waals surface area contributed by atoms with Crippen molar-refractivity contribution in [1.82, 2.24) is 10.6 Å². The van der Waals surface area contributed by atoms with Crippen molar-refractivity contribution < 1.29 is 14.6 Å². The van der Waals surface area contributed by atoms with Crippen LogP contribution in [0.3, 0.4) is 0 Å². The second kappa shape index (κ2) is 9.69. The normalized spacial score (nSPS) is 12.9. The van der Waals surface area contributed by atoms with E-state index in [4.69, 9.17) is 9.84 Å². The number of para-hydroxylation sites is 1. The number of aliphatic hydroxyl groups is 1. The maximum absolute atomic E-state index is 12.4. The van der Waals surface area contributed by atoms with Crippen molar-refractivity contribution >= 4 is 6.03 Å². The van der Waals surface area contributed by atoms with E-state index in [0.717, 1.165) is 16.9 Å². The van der Waals surface area contributed by atoms with Crippen LogP contribution in [0, 0.1) is 5.92 Å². The number of urea groups is 1. The third kappa shape index (κ3) is 5.50. The number of benzene rings is 2. The van der Waals surface area contributed by atoms with E-state index in [-0.39, 0.29) is 24.6 Å². The summed E-state index contributed by atoms with van der Waals surface area (Å²) in [7, 11) is 1.62. The van der Waals surface area contributed by atoms with Crippen LogP contribution in [0.4, 0.5) is 4.79 Å². The SMILES string of the molecule is COc1ccccc1C(NC(=O)NCC(C)CCO)c1ccccc1. The highest BCUT2D eigenvalue weighted by atomic mass is 16.5. The van der Waals surface area contributed by atoms with E-state index in [1.54, 1.807) is 7.11 Å². The van der Waals surface area contributed by atoms with Gasteiger partial charge >= 0.3 is 6.03 Å². The summed E-state index contributed by atoms with van der Waals surface area (Å²) in [5.41, 5.74) is 1.88. The van der Waals surface area contributed by atoms with E-state index in [1.165, 1.54) is 0 Å².